The van der Waals surface area contributed by atoms with Crippen molar-refractivity contribution in [1.29, 1.82) is 0 Å². The number of imide groups is 1. The van der Waals surface area contributed by atoms with Crippen molar-refractivity contribution in [3.05, 3.63) is 33.4 Å². The summed E-state index contributed by atoms with van der Waals surface area (Å²) < 4.78 is 0. The van der Waals surface area contributed by atoms with E-state index in [1.165, 1.54) is 18.0 Å². The van der Waals surface area contributed by atoms with E-state index in [-0.39, 0.29) is 36.0 Å². The lowest BCUT2D eigenvalue weighted by Crippen LogP contribution is -2.63. The number of nitrogens with zero attached hydrogens (tertiary/aromatic N) is 2. The van der Waals surface area contributed by atoms with Gasteiger partial charge in [0.2, 0.25) is 17.7 Å². The van der Waals surface area contributed by atoms with Crippen LogP contribution in [0.25, 0.3) is 0 Å². The Labute approximate surface area is 169 Å². The van der Waals surface area contributed by atoms with E-state index >= 15 is 0 Å². The van der Waals surface area contributed by atoms with Gasteiger partial charge >= 0.3 is 0 Å². The van der Waals surface area contributed by atoms with Crippen LogP contribution in [0.4, 0.5) is 11.4 Å². The normalized spacial score (nSPS) is 31.6. The van der Waals surface area contributed by atoms with E-state index in [0.29, 0.717) is 12.0 Å². The van der Waals surface area contributed by atoms with Crippen molar-refractivity contribution in [2.75, 3.05) is 12.4 Å². The Morgan fingerprint density at radius 3 is 2.07 bits per heavy atom. The monoisotopic (exact) mass is 401 g/mol. The average molecular weight is 401 g/mol. The fraction of sp³-hybridized carbons (Fsp3) is 0.571. The van der Waals surface area contributed by atoms with E-state index in [2.05, 4.69) is 5.32 Å². The molecule has 1 heterocycles. The zero-order valence-corrected chi connectivity index (χ0v) is 17.7. The van der Waals surface area contributed by atoms with Gasteiger partial charge in [-0.3, -0.25) is 29.4 Å². The number of aryl methyl sites for hydroxylation is 2. The van der Waals surface area contributed by atoms with E-state index in [1.54, 1.807) is 40.7 Å². The van der Waals surface area contributed by atoms with Gasteiger partial charge in [-0.25, -0.2) is 0 Å². The van der Waals surface area contributed by atoms with Crippen LogP contribution in [0.5, 0.6) is 0 Å². The van der Waals surface area contributed by atoms with Crippen molar-refractivity contribution < 1.29 is 19.3 Å². The van der Waals surface area contributed by atoms with Gasteiger partial charge in [-0.05, 0) is 44.2 Å². The molecule has 2 unspecified atom stereocenters. The molecule has 1 N–H and O–H groups in total. The van der Waals surface area contributed by atoms with Crippen LogP contribution in [0.15, 0.2) is 12.1 Å². The summed E-state index contributed by atoms with van der Waals surface area (Å²) in [5, 5.41) is 14.3. The van der Waals surface area contributed by atoms with Crippen molar-refractivity contribution in [2.45, 2.75) is 53.9 Å². The maximum Gasteiger partial charge on any atom is 0.293 e. The number of anilines is 1. The molecular formula is C21H27N3O5. The van der Waals surface area contributed by atoms with Crippen molar-refractivity contribution in [3.8, 4) is 0 Å². The number of hydrogen-bond donors (Lipinski definition) is 1. The van der Waals surface area contributed by atoms with Crippen LogP contribution in [0.1, 0.15) is 51.2 Å². The quantitative estimate of drug-likeness (QED) is 0.474. The number of piperidine rings is 1. The third-order valence-electron chi connectivity index (χ3n) is 6.43. The molecule has 2 fully saturated rings. The predicted molar refractivity (Wildman–Crippen MR) is 107 cm³/mol. The molecule has 8 nitrogen and oxygen atoms in total. The Morgan fingerprint density at radius 1 is 1.07 bits per heavy atom. The minimum absolute atomic E-state index is 0.160. The highest BCUT2D eigenvalue weighted by Gasteiger charge is 2.62. The zero-order chi connectivity index (χ0) is 21.9. The first-order chi connectivity index (χ1) is 13.2. The molecule has 29 heavy (non-hydrogen) atoms. The SMILES string of the molecule is Cc1cc(C)c(NC(=O)C2(C)CC3(C)CC(C)(C2)C(=O)N(C)C3=O)c([N+](=O)[O-])c1. The van der Waals surface area contributed by atoms with E-state index in [1.807, 2.05) is 0 Å². The topological polar surface area (TPSA) is 110 Å². The summed E-state index contributed by atoms with van der Waals surface area (Å²) in [6.45, 7) is 8.78. The summed E-state index contributed by atoms with van der Waals surface area (Å²) in [5.74, 6) is -0.970. The standard InChI is InChI=1S/C21H27N3O5/c1-12-7-13(2)15(14(8-12)24(28)29)22-16(25)19(3)9-20(4)11-21(5,10-19)18(27)23(6)17(20)26/h7-8H,9-11H2,1-6H3,(H,22,25). The van der Waals surface area contributed by atoms with E-state index in [4.69, 9.17) is 0 Å². The molecule has 1 aromatic carbocycles. The van der Waals surface area contributed by atoms with Gasteiger partial charge in [0.25, 0.3) is 5.69 Å². The first-order valence-corrected chi connectivity index (χ1v) is 9.62. The Morgan fingerprint density at radius 2 is 1.59 bits per heavy atom. The molecule has 0 radical (unpaired) electrons. The molecule has 0 aromatic heterocycles. The molecule has 2 bridgehead atoms. The van der Waals surface area contributed by atoms with Gasteiger partial charge < -0.3 is 5.32 Å². The second-order valence-corrected chi connectivity index (χ2v) is 9.57. The highest BCUT2D eigenvalue weighted by molar-refractivity contribution is 6.05. The largest absolute Gasteiger partial charge is 0.320 e. The number of carbonyl (C=O) groups excluding carboxylic acids is 3. The maximum atomic E-state index is 13.3. The van der Waals surface area contributed by atoms with Crippen LogP contribution in [0, 0.1) is 40.2 Å². The number of amides is 3. The number of fused-ring (bicyclic) bond motifs is 2. The third-order valence-corrected chi connectivity index (χ3v) is 6.43. The van der Waals surface area contributed by atoms with Crippen molar-refractivity contribution in [2.24, 2.45) is 16.2 Å². The lowest BCUT2D eigenvalue weighted by atomic mass is 9.51. The number of nitro groups is 1. The smallest absolute Gasteiger partial charge is 0.293 e. The first kappa shape index (κ1) is 21.0. The Hall–Kier alpha value is -2.77. The number of likely N-dealkylation sites (tertiary alicyclic amines) is 1. The highest BCUT2D eigenvalue weighted by Crippen LogP contribution is 2.58. The third kappa shape index (κ3) is 3.20. The molecule has 0 spiro atoms. The molecule has 1 aliphatic carbocycles. The molecule has 1 saturated heterocycles. The summed E-state index contributed by atoms with van der Waals surface area (Å²) in [7, 11) is 1.49. The van der Waals surface area contributed by atoms with E-state index in [0.717, 1.165) is 5.56 Å². The minimum Gasteiger partial charge on any atom is -0.320 e. The van der Waals surface area contributed by atoms with Crippen molar-refractivity contribution in [3.63, 3.8) is 0 Å². The number of nitro benzene ring substituents is 1. The number of carbonyl (C=O) groups is 3. The van der Waals surface area contributed by atoms with Crippen LogP contribution in [0.2, 0.25) is 0 Å². The average Bonchev–Trinajstić information content (AvgIpc) is 2.59. The fourth-order valence-corrected chi connectivity index (χ4v) is 5.65. The van der Waals surface area contributed by atoms with Crippen molar-refractivity contribution in [1.82, 2.24) is 4.90 Å². The second kappa shape index (κ2) is 6.37. The van der Waals surface area contributed by atoms with E-state index in [9.17, 15) is 24.5 Å². The van der Waals surface area contributed by atoms with Crippen molar-refractivity contribution >= 4 is 29.1 Å². The Balaban J connectivity index is 2.00. The molecule has 8 heteroatoms. The molecule has 2 aliphatic rings. The molecule has 156 valence electrons. The summed E-state index contributed by atoms with van der Waals surface area (Å²) >= 11 is 0. The highest BCUT2D eigenvalue weighted by atomic mass is 16.6. The van der Waals surface area contributed by atoms with Gasteiger partial charge in [0.15, 0.2) is 0 Å². The zero-order valence-electron chi connectivity index (χ0n) is 17.7. The predicted octanol–water partition coefficient (Wildman–Crippen LogP) is 3.35. The van der Waals surface area contributed by atoms with Gasteiger partial charge in [-0.15, -0.1) is 0 Å². The van der Waals surface area contributed by atoms with Gasteiger partial charge in [-0.1, -0.05) is 26.8 Å². The van der Waals surface area contributed by atoms with Crippen LogP contribution < -0.4 is 5.32 Å². The second-order valence-electron chi connectivity index (χ2n) is 9.57. The number of hydrogen-bond acceptors (Lipinski definition) is 5. The Bertz CT molecular complexity index is 926. The Kier molecular flexibility index (Phi) is 4.60. The molecule has 2 atom stereocenters. The molecule has 1 aliphatic heterocycles. The number of rotatable bonds is 3. The molecule has 3 rings (SSSR count). The van der Waals surface area contributed by atoms with Gasteiger partial charge in [0.05, 0.1) is 4.92 Å². The molecule has 3 amide bonds. The van der Waals surface area contributed by atoms with E-state index < -0.39 is 27.1 Å². The van der Waals surface area contributed by atoms with Crippen LogP contribution >= 0.6 is 0 Å². The fourth-order valence-electron chi connectivity index (χ4n) is 5.65. The number of benzene rings is 1. The van der Waals surface area contributed by atoms with Gasteiger partial charge in [0, 0.05) is 29.4 Å². The molecular weight excluding hydrogens is 374 g/mol. The van der Waals surface area contributed by atoms with Crippen LogP contribution in [-0.4, -0.2) is 34.6 Å². The lowest BCUT2D eigenvalue weighted by Gasteiger charge is -2.55. The lowest BCUT2D eigenvalue weighted by molar-refractivity contribution is -0.384. The molecule has 1 saturated carbocycles. The van der Waals surface area contributed by atoms with Gasteiger partial charge in [0.1, 0.15) is 5.69 Å². The summed E-state index contributed by atoms with van der Waals surface area (Å²) in [5.41, 5.74) is -1.38. The first-order valence-electron chi connectivity index (χ1n) is 9.62. The minimum atomic E-state index is -1.01. The summed E-state index contributed by atoms with van der Waals surface area (Å²) in [4.78, 5) is 51.1. The van der Waals surface area contributed by atoms with Crippen LogP contribution in [0.3, 0.4) is 0 Å². The van der Waals surface area contributed by atoms with Gasteiger partial charge in [-0.2, -0.15) is 0 Å². The van der Waals surface area contributed by atoms with Crippen LogP contribution in [-0.2, 0) is 14.4 Å². The molecule has 1 aromatic rings. The summed E-state index contributed by atoms with van der Waals surface area (Å²) in [6.07, 6.45) is 0.946. The number of nitrogens with one attached hydrogen (secondary N) is 1. The summed E-state index contributed by atoms with van der Waals surface area (Å²) in [6, 6.07) is 3.19. The maximum absolute atomic E-state index is 13.3.